The number of rotatable bonds is 2. The number of ether oxygens (including phenoxy) is 1. The quantitative estimate of drug-likeness (QED) is 0.810. The van der Waals surface area contributed by atoms with Crippen LogP contribution >= 0.6 is 0 Å². The van der Waals surface area contributed by atoms with E-state index in [0.29, 0.717) is 31.6 Å². The molecule has 2 atom stereocenters. The van der Waals surface area contributed by atoms with Gasteiger partial charge in [0.1, 0.15) is 0 Å². The summed E-state index contributed by atoms with van der Waals surface area (Å²) < 4.78 is 5.61. The van der Waals surface area contributed by atoms with Gasteiger partial charge in [-0.15, -0.1) is 0 Å². The Morgan fingerprint density at radius 1 is 1.24 bits per heavy atom. The molecule has 1 aromatic rings. The standard InChI is InChI=1S/C15H22N4O2/c1-10(2)11-4-16-15(17-5-11)19-6-12-8-21-9-13(7-19)18(3)14(12)20/h4-5,10,12-13H,6-9H2,1-3H3/t12-,13+/m1/s1. The highest BCUT2D eigenvalue weighted by atomic mass is 16.5. The minimum absolute atomic E-state index is 0.0679. The van der Waals surface area contributed by atoms with Gasteiger partial charge < -0.3 is 14.5 Å². The largest absolute Gasteiger partial charge is 0.378 e. The zero-order valence-corrected chi connectivity index (χ0v) is 12.8. The van der Waals surface area contributed by atoms with Gasteiger partial charge in [0.15, 0.2) is 0 Å². The Balaban J connectivity index is 1.84. The molecule has 6 nitrogen and oxygen atoms in total. The molecule has 1 aromatic heterocycles. The predicted molar refractivity (Wildman–Crippen MR) is 79.2 cm³/mol. The van der Waals surface area contributed by atoms with Crippen LogP contribution in [0.2, 0.25) is 0 Å². The molecule has 3 rings (SSSR count). The van der Waals surface area contributed by atoms with Crippen molar-refractivity contribution in [3.63, 3.8) is 0 Å². The zero-order chi connectivity index (χ0) is 15.0. The number of nitrogens with zero attached hydrogens (tertiary/aromatic N) is 4. The fourth-order valence-electron chi connectivity index (χ4n) is 2.85. The van der Waals surface area contributed by atoms with Crippen molar-refractivity contribution >= 4 is 11.9 Å². The molecule has 0 saturated carbocycles. The third kappa shape index (κ3) is 2.72. The van der Waals surface area contributed by atoms with Crippen LogP contribution in [0, 0.1) is 5.92 Å². The van der Waals surface area contributed by atoms with E-state index in [1.165, 1.54) is 0 Å². The van der Waals surface area contributed by atoms with Gasteiger partial charge in [0.05, 0.1) is 25.2 Å². The molecule has 0 spiro atoms. The molecule has 114 valence electrons. The molecule has 2 aliphatic rings. The maximum atomic E-state index is 12.3. The average molecular weight is 290 g/mol. The lowest BCUT2D eigenvalue weighted by molar-refractivity contribution is -0.133. The molecule has 0 N–H and O–H groups in total. The minimum Gasteiger partial charge on any atom is -0.378 e. The van der Waals surface area contributed by atoms with Gasteiger partial charge in [0, 0.05) is 32.5 Å². The summed E-state index contributed by atoms with van der Waals surface area (Å²) in [5.74, 6) is 1.16. The van der Waals surface area contributed by atoms with Gasteiger partial charge in [-0.3, -0.25) is 4.79 Å². The van der Waals surface area contributed by atoms with Crippen molar-refractivity contribution in [1.29, 1.82) is 0 Å². The topological polar surface area (TPSA) is 58.6 Å². The maximum Gasteiger partial charge on any atom is 0.229 e. The van der Waals surface area contributed by atoms with E-state index in [4.69, 9.17) is 4.74 Å². The van der Waals surface area contributed by atoms with Crippen LogP contribution in [0.5, 0.6) is 0 Å². The van der Waals surface area contributed by atoms with Crippen LogP contribution in [-0.2, 0) is 9.53 Å². The summed E-state index contributed by atoms with van der Waals surface area (Å²) >= 11 is 0. The number of hydrogen-bond donors (Lipinski definition) is 0. The summed E-state index contributed by atoms with van der Waals surface area (Å²) in [6, 6.07) is 0.0679. The molecule has 0 radical (unpaired) electrons. The monoisotopic (exact) mass is 290 g/mol. The van der Waals surface area contributed by atoms with Crippen molar-refractivity contribution in [3.05, 3.63) is 18.0 Å². The van der Waals surface area contributed by atoms with Crippen LogP contribution in [0.4, 0.5) is 5.95 Å². The Morgan fingerprint density at radius 2 is 1.95 bits per heavy atom. The summed E-state index contributed by atoms with van der Waals surface area (Å²) in [4.78, 5) is 25.2. The molecule has 0 aliphatic carbocycles. The van der Waals surface area contributed by atoms with Gasteiger partial charge in [0.2, 0.25) is 11.9 Å². The van der Waals surface area contributed by atoms with E-state index in [2.05, 4.69) is 28.7 Å². The predicted octanol–water partition coefficient (Wildman–Crippen LogP) is 0.893. The summed E-state index contributed by atoms with van der Waals surface area (Å²) in [7, 11) is 1.86. The fraction of sp³-hybridized carbons (Fsp3) is 0.667. The van der Waals surface area contributed by atoms with Gasteiger partial charge in [-0.1, -0.05) is 13.8 Å². The highest BCUT2D eigenvalue weighted by molar-refractivity contribution is 5.80. The molecule has 3 heterocycles. The Morgan fingerprint density at radius 3 is 2.62 bits per heavy atom. The Hall–Kier alpha value is -1.69. The van der Waals surface area contributed by atoms with Crippen LogP contribution in [0.15, 0.2) is 12.4 Å². The number of amides is 1. The highest BCUT2D eigenvalue weighted by Crippen LogP contribution is 2.23. The fourth-order valence-corrected chi connectivity index (χ4v) is 2.85. The van der Waals surface area contributed by atoms with Crippen molar-refractivity contribution in [2.75, 3.05) is 38.3 Å². The van der Waals surface area contributed by atoms with Crippen LogP contribution in [0.25, 0.3) is 0 Å². The van der Waals surface area contributed by atoms with Gasteiger partial charge in [0.25, 0.3) is 0 Å². The number of hydrogen-bond acceptors (Lipinski definition) is 5. The van der Waals surface area contributed by atoms with Crippen LogP contribution < -0.4 is 4.90 Å². The average Bonchev–Trinajstić information content (AvgIpc) is 2.65. The van der Waals surface area contributed by atoms with Gasteiger partial charge in [-0.05, 0) is 11.5 Å². The molecule has 21 heavy (non-hydrogen) atoms. The third-order valence-corrected chi connectivity index (χ3v) is 4.35. The SMILES string of the molecule is CC(C)c1cnc(N2C[C@@H]3COC[C@H](C2)N(C)C3=O)nc1. The molecular weight excluding hydrogens is 268 g/mol. The molecule has 0 unspecified atom stereocenters. The Bertz CT molecular complexity index is 517. The van der Waals surface area contributed by atoms with Gasteiger partial charge >= 0.3 is 0 Å². The number of carbonyl (C=O) groups is 1. The summed E-state index contributed by atoms with van der Waals surface area (Å²) in [6.07, 6.45) is 3.77. The molecule has 2 bridgehead atoms. The highest BCUT2D eigenvalue weighted by Gasteiger charge is 2.37. The van der Waals surface area contributed by atoms with Gasteiger partial charge in [-0.2, -0.15) is 0 Å². The lowest BCUT2D eigenvalue weighted by Crippen LogP contribution is -2.43. The number of likely N-dealkylation sites (N-methyl/N-ethyl adjacent to an activating group) is 1. The van der Waals surface area contributed by atoms with E-state index in [9.17, 15) is 4.79 Å². The third-order valence-electron chi connectivity index (χ3n) is 4.35. The van der Waals surface area contributed by atoms with E-state index >= 15 is 0 Å². The lowest BCUT2D eigenvalue weighted by atomic mass is 10.1. The first-order valence-corrected chi connectivity index (χ1v) is 7.47. The first kappa shape index (κ1) is 14.3. The molecule has 2 saturated heterocycles. The molecule has 2 fully saturated rings. The van der Waals surface area contributed by atoms with Crippen LogP contribution in [-0.4, -0.2) is 60.2 Å². The normalized spacial score (nSPS) is 26.2. The first-order valence-electron chi connectivity index (χ1n) is 7.47. The molecule has 2 aliphatic heterocycles. The van der Waals surface area contributed by atoms with E-state index in [1.807, 2.05) is 24.3 Å². The van der Waals surface area contributed by atoms with Crippen molar-refractivity contribution in [3.8, 4) is 0 Å². The lowest BCUT2D eigenvalue weighted by Gasteiger charge is -2.29. The number of aromatic nitrogens is 2. The van der Waals surface area contributed by atoms with Crippen molar-refractivity contribution in [1.82, 2.24) is 14.9 Å². The molecule has 1 amide bonds. The Kier molecular flexibility index (Phi) is 3.80. The minimum atomic E-state index is -0.129. The second-order valence-corrected chi connectivity index (χ2v) is 6.21. The summed E-state index contributed by atoms with van der Waals surface area (Å²) in [6.45, 7) is 6.67. The molecule has 6 heteroatoms. The maximum absolute atomic E-state index is 12.3. The van der Waals surface area contributed by atoms with Crippen molar-refractivity contribution < 1.29 is 9.53 Å². The molecule has 0 aromatic carbocycles. The summed E-state index contributed by atoms with van der Waals surface area (Å²) in [5, 5.41) is 0. The van der Waals surface area contributed by atoms with Gasteiger partial charge in [-0.25, -0.2) is 9.97 Å². The van der Waals surface area contributed by atoms with E-state index in [1.54, 1.807) is 0 Å². The van der Waals surface area contributed by atoms with E-state index in [0.717, 1.165) is 12.1 Å². The number of fused-ring (bicyclic) bond motifs is 3. The Labute approximate surface area is 125 Å². The first-order chi connectivity index (χ1) is 10.1. The zero-order valence-electron chi connectivity index (χ0n) is 12.8. The summed E-state index contributed by atoms with van der Waals surface area (Å²) in [5.41, 5.74) is 1.13. The smallest absolute Gasteiger partial charge is 0.229 e. The number of anilines is 1. The second-order valence-electron chi connectivity index (χ2n) is 6.21. The molecular formula is C15H22N4O2. The van der Waals surface area contributed by atoms with E-state index < -0.39 is 0 Å². The van der Waals surface area contributed by atoms with Crippen LogP contribution in [0.1, 0.15) is 25.3 Å². The second kappa shape index (κ2) is 5.60. The number of carbonyl (C=O) groups excluding carboxylic acids is 1. The van der Waals surface area contributed by atoms with Crippen molar-refractivity contribution in [2.45, 2.75) is 25.8 Å². The van der Waals surface area contributed by atoms with Crippen LogP contribution in [0.3, 0.4) is 0 Å². The van der Waals surface area contributed by atoms with Crippen molar-refractivity contribution in [2.24, 2.45) is 5.92 Å². The van der Waals surface area contributed by atoms with E-state index in [-0.39, 0.29) is 17.9 Å².